The van der Waals surface area contributed by atoms with Gasteiger partial charge in [-0.25, -0.2) is 4.39 Å². The van der Waals surface area contributed by atoms with Gasteiger partial charge in [-0.05, 0) is 36.8 Å². The minimum Gasteiger partial charge on any atom is -0.397 e. The monoisotopic (exact) mass is 240 g/mol. The van der Waals surface area contributed by atoms with E-state index in [1.807, 2.05) is 11.8 Å². The topological polar surface area (TPSA) is 38.0 Å². The Morgan fingerprint density at radius 3 is 3.06 bits per heavy atom. The van der Waals surface area contributed by atoms with Crippen LogP contribution >= 0.6 is 11.8 Å². The third-order valence-electron chi connectivity index (χ3n) is 2.81. The van der Waals surface area contributed by atoms with E-state index in [4.69, 9.17) is 5.73 Å². The lowest BCUT2D eigenvalue weighted by atomic mass is 10.2. The Hall–Kier alpha value is -0.900. The molecular weight excluding hydrogens is 223 g/mol. The summed E-state index contributed by atoms with van der Waals surface area (Å²) in [5.41, 5.74) is 7.10. The number of anilines is 2. The molecule has 2 nitrogen and oxygen atoms in total. The molecule has 3 N–H and O–H groups in total. The van der Waals surface area contributed by atoms with E-state index < -0.39 is 0 Å². The van der Waals surface area contributed by atoms with Crippen molar-refractivity contribution in [3.63, 3.8) is 0 Å². The van der Waals surface area contributed by atoms with Crippen molar-refractivity contribution < 1.29 is 4.39 Å². The van der Waals surface area contributed by atoms with E-state index in [1.54, 1.807) is 6.07 Å². The molecular formula is C12H17FN2S. The highest BCUT2D eigenvalue weighted by molar-refractivity contribution is 7.99. The summed E-state index contributed by atoms with van der Waals surface area (Å²) in [7, 11) is 0. The van der Waals surface area contributed by atoms with Gasteiger partial charge < -0.3 is 11.1 Å². The number of nitrogens with two attached hydrogens (primary N) is 1. The van der Waals surface area contributed by atoms with Crippen molar-refractivity contribution in [1.29, 1.82) is 0 Å². The molecule has 1 aromatic rings. The number of benzene rings is 1. The van der Waals surface area contributed by atoms with Crippen LogP contribution in [0.25, 0.3) is 0 Å². The van der Waals surface area contributed by atoms with Crippen molar-refractivity contribution >= 4 is 23.1 Å². The summed E-state index contributed by atoms with van der Waals surface area (Å²) in [6.45, 7) is 0.873. The minimum atomic E-state index is -0.243. The zero-order valence-electron chi connectivity index (χ0n) is 9.21. The fourth-order valence-electron chi connectivity index (χ4n) is 1.87. The second-order valence-corrected chi connectivity index (χ2v) is 5.51. The molecule has 1 heterocycles. The van der Waals surface area contributed by atoms with Crippen molar-refractivity contribution in [2.45, 2.75) is 24.5 Å². The molecule has 1 fully saturated rings. The summed E-state index contributed by atoms with van der Waals surface area (Å²) in [5, 5.41) is 3.87. The third kappa shape index (κ3) is 3.04. The summed E-state index contributed by atoms with van der Waals surface area (Å²) < 4.78 is 13.0. The van der Waals surface area contributed by atoms with E-state index in [9.17, 15) is 4.39 Å². The highest BCUT2D eigenvalue weighted by atomic mass is 32.2. The Morgan fingerprint density at radius 2 is 2.31 bits per heavy atom. The predicted octanol–water partition coefficient (Wildman–Crippen LogP) is 3.11. The Balaban J connectivity index is 1.90. The number of nitrogen functional groups attached to an aromatic ring is 1. The van der Waals surface area contributed by atoms with Crippen LogP contribution in [0.3, 0.4) is 0 Å². The van der Waals surface area contributed by atoms with Gasteiger partial charge in [-0.3, -0.25) is 0 Å². The first-order chi connectivity index (χ1) is 7.75. The quantitative estimate of drug-likeness (QED) is 0.797. The summed E-state index contributed by atoms with van der Waals surface area (Å²) in [6.07, 6.45) is 3.87. The first-order valence-corrected chi connectivity index (χ1v) is 6.71. The average Bonchev–Trinajstić information content (AvgIpc) is 2.32. The van der Waals surface area contributed by atoms with Crippen molar-refractivity contribution in [3.8, 4) is 0 Å². The molecule has 16 heavy (non-hydrogen) atoms. The molecule has 1 aromatic carbocycles. The molecule has 1 saturated heterocycles. The summed E-state index contributed by atoms with van der Waals surface area (Å²) in [6, 6.07) is 4.45. The van der Waals surface area contributed by atoms with Gasteiger partial charge in [-0.15, -0.1) is 0 Å². The van der Waals surface area contributed by atoms with Crippen LogP contribution in [0.1, 0.15) is 19.3 Å². The molecule has 88 valence electrons. The smallest absolute Gasteiger partial charge is 0.125 e. The number of rotatable bonds is 3. The molecule has 0 aliphatic carbocycles. The molecule has 0 aromatic heterocycles. The molecule has 0 spiro atoms. The van der Waals surface area contributed by atoms with Crippen molar-refractivity contribution in [2.24, 2.45) is 0 Å². The van der Waals surface area contributed by atoms with Crippen LogP contribution in [0.15, 0.2) is 18.2 Å². The molecule has 4 heteroatoms. The molecule has 0 saturated carbocycles. The van der Waals surface area contributed by atoms with E-state index in [0.29, 0.717) is 16.6 Å². The molecule has 1 aliphatic heterocycles. The van der Waals surface area contributed by atoms with Gasteiger partial charge in [-0.2, -0.15) is 11.8 Å². The third-order valence-corrected chi connectivity index (χ3v) is 4.21. The first kappa shape index (κ1) is 11.6. The second-order valence-electron chi connectivity index (χ2n) is 4.10. The Bertz CT molecular complexity index is 351. The zero-order valence-corrected chi connectivity index (χ0v) is 10.0. The summed E-state index contributed by atoms with van der Waals surface area (Å²) >= 11 is 2.00. The van der Waals surface area contributed by atoms with Gasteiger partial charge in [0.05, 0.1) is 11.4 Å². The van der Waals surface area contributed by atoms with Gasteiger partial charge in [0.1, 0.15) is 5.82 Å². The maximum absolute atomic E-state index is 13.0. The zero-order chi connectivity index (χ0) is 11.4. The van der Waals surface area contributed by atoms with Crippen LogP contribution in [-0.2, 0) is 0 Å². The molecule has 0 bridgehead atoms. The average molecular weight is 240 g/mol. The van der Waals surface area contributed by atoms with Crippen LogP contribution < -0.4 is 11.1 Å². The Kier molecular flexibility index (Phi) is 3.93. The highest BCUT2D eigenvalue weighted by Gasteiger charge is 2.13. The normalized spacial score (nSPS) is 20.7. The molecule has 1 atom stereocenters. The van der Waals surface area contributed by atoms with Gasteiger partial charge in [-0.1, -0.05) is 6.42 Å². The largest absolute Gasteiger partial charge is 0.397 e. The first-order valence-electron chi connectivity index (χ1n) is 5.66. The van der Waals surface area contributed by atoms with E-state index >= 15 is 0 Å². The van der Waals surface area contributed by atoms with Gasteiger partial charge >= 0.3 is 0 Å². The van der Waals surface area contributed by atoms with E-state index in [0.717, 1.165) is 6.54 Å². The van der Waals surface area contributed by atoms with Gasteiger partial charge in [0.25, 0.3) is 0 Å². The lowest BCUT2D eigenvalue weighted by Crippen LogP contribution is -2.20. The van der Waals surface area contributed by atoms with Crippen LogP contribution in [0.2, 0.25) is 0 Å². The van der Waals surface area contributed by atoms with Crippen LogP contribution in [0.5, 0.6) is 0 Å². The van der Waals surface area contributed by atoms with Crippen LogP contribution in [0, 0.1) is 5.82 Å². The number of thioether (sulfide) groups is 1. The van der Waals surface area contributed by atoms with Gasteiger partial charge in [0.2, 0.25) is 0 Å². The Morgan fingerprint density at radius 1 is 1.44 bits per heavy atom. The minimum absolute atomic E-state index is 0.243. The molecule has 1 unspecified atom stereocenters. The lowest BCUT2D eigenvalue weighted by Gasteiger charge is -2.22. The molecule has 0 amide bonds. The number of hydrogen-bond acceptors (Lipinski definition) is 3. The fourth-order valence-corrected chi connectivity index (χ4v) is 3.11. The van der Waals surface area contributed by atoms with Crippen molar-refractivity contribution in [3.05, 3.63) is 24.0 Å². The highest BCUT2D eigenvalue weighted by Crippen LogP contribution is 2.26. The number of halogens is 1. The second kappa shape index (κ2) is 5.43. The van der Waals surface area contributed by atoms with Crippen LogP contribution in [0.4, 0.5) is 15.8 Å². The van der Waals surface area contributed by atoms with Crippen molar-refractivity contribution in [2.75, 3.05) is 23.3 Å². The molecule has 2 rings (SSSR count). The SMILES string of the molecule is Nc1ccc(F)cc1NCC1CCCCS1. The summed E-state index contributed by atoms with van der Waals surface area (Å²) in [4.78, 5) is 0. The fraction of sp³-hybridized carbons (Fsp3) is 0.500. The summed E-state index contributed by atoms with van der Waals surface area (Å²) in [5.74, 6) is 0.998. The van der Waals surface area contributed by atoms with E-state index in [1.165, 1.54) is 37.1 Å². The maximum Gasteiger partial charge on any atom is 0.125 e. The molecule has 0 radical (unpaired) electrons. The standard InChI is InChI=1S/C12H17FN2S/c13-9-4-5-11(14)12(7-9)15-8-10-3-1-2-6-16-10/h4-5,7,10,15H,1-3,6,8,14H2. The lowest BCUT2D eigenvalue weighted by molar-refractivity contribution is 0.628. The van der Waals surface area contributed by atoms with Crippen LogP contribution in [-0.4, -0.2) is 17.5 Å². The predicted molar refractivity (Wildman–Crippen MR) is 69.4 cm³/mol. The molecule has 1 aliphatic rings. The van der Waals surface area contributed by atoms with Crippen molar-refractivity contribution in [1.82, 2.24) is 0 Å². The van der Waals surface area contributed by atoms with Gasteiger partial charge in [0, 0.05) is 11.8 Å². The van der Waals surface area contributed by atoms with E-state index in [-0.39, 0.29) is 5.82 Å². The number of hydrogen-bond donors (Lipinski definition) is 2. The Labute approximate surface area is 99.8 Å². The van der Waals surface area contributed by atoms with E-state index in [2.05, 4.69) is 5.32 Å². The maximum atomic E-state index is 13.0. The van der Waals surface area contributed by atoms with Gasteiger partial charge in [0.15, 0.2) is 0 Å². The number of nitrogens with one attached hydrogen (secondary N) is 1.